The van der Waals surface area contributed by atoms with E-state index in [9.17, 15) is 4.79 Å². The first-order valence-electron chi connectivity index (χ1n) is 6.51. The predicted molar refractivity (Wildman–Crippen MR) is 79.6 cm³/mol. The number of benzene rings is 1. The largest absolute Gasteiger partial charge is 0.301 e. The van der Waals surface area contributed by atoms with Crippen LogP contribution in [0.4, 0.5) is 0 Å². The van der Waals surface area contributed by atoms with Gasteiger partial charge in [0.05, 0.1) is 0 Å². The van der Waals surface area contributed by atoms with Crippen LogP contribution >= 0.6 is 11.8 Å². The molecule has 0 radical (unpaired) electrons. The van der Waals surface area contributed by atoms with E-state index in [4.69, 9.17) is 0 Å². The van der Waals surface area contributed by atoms with Gasteiger partial charge >= 0.3 is 0 Å². The molecule has 1 N–H and O–H groups in total. The molecule has 0 bridgehead atoms. The molecule has 0 aliphatic carbocycles. The Hall–Kier alpha value is -1.55. The highest BCUT2D eigenvalue weighted by molar-refractivity contribution is 7.99. The molecule has 2 rings (SSSR count). The minimum atomic E-state index is -0.0683. The van der Waals surface area contributed by atoms with Gasteiger partial charge in [-0.3, -0.25) is 4.79 Å². The number of thioether (sulfide) groups is 1. The van der Waals surface area contributed by atoms with Gasteiger partial charge in [0.1, 0.15) is 0 Å². The molecule has 3 nitrogen and oxygen atoms in total. The van der Waals surface area contributed by atoms with Crippen LogP contribution in [0, 0.1) is 0 Å². The molecule has 0 spiro atoms. The molecule has 0 fully saturated rings. The van der Waals surface area contributed by atoms with Gasteiger partial charge in [-0.25, -0.2) is 4.98 Å². The summed E-state index contributed by atoms with van der Waals surface area (Å²) in [6.07, 6.45) is 1.84. The van der Waals surface area contributed by atoms with E-state index in [-0.39, 0.29) is 10.8 Å². The number of hydrogen-bond donors (Lipinski definition) is 1. The molecular formula is C15H18N2OS. The molecule has 4 heteroatoms. The smallest absolute Gasteiger partial charge is 0.251 e. The van der Waals surface area contributed by atoms with E-state index in [0.717, 1.165) is 18.5 Å². The van der Waals surface area contributed by atoms with Crippen molar-refractivity contribution in [3.8, 4) is 0 Å². The third-order valence-electron chi connectivity index (χ3n) is 2.84. The Morgan fingerprint density at radius 1 is 1.32 bits per heavy atom. The van der Waals surface area contributed by atoms with Crippen LogP contribution in [0.3, 0.4) is 0 Å². The van der Waals surface area contributed by atoms with E-state index in [2.05, 4.69) is 35.9 Å². The van der Waals surface area contributed by atoms with Crippen molar-refractivity contribution in [3.63, 3.8) is 0 Å². The van der Waals surface area contributed by atoms with Crippen molar-refractivity contribution in [2.24, 2.45) is 0 Å². The van der Waals surface area contributed by atoms with E-state index >= 15 is 0 Å². The maximum Gasteiger partial charge on any atom is 0.251 e. The Bertz CT molecular complexity index is 580. The molecule has 100 valence electrons. The first kappa shape index (κ1) is 13.9. The minimum Gasteiger partial charge on any atom is -0.301 e. The zero-order valence-electron chi connectivity index (χ0n) is 11.2. The van der Waals surface area contributed by atoms with Gasteiger partial charge in [-0.05, 0) is 18.9 Å². The SMILES string of the molecule is CCCc1cc(=O)[nH]c(S[C@@H](C)c2ccccc2)n1. The Morgan fingerprint density at radius 2 is 2.05 bits per heavy atom. The summed E-state index contributed by atoms with van der Waals surface area (Å²) in [5, 5.41) is 0.966. The second kappa shape index (κ2) is 6.57. The summed E-state index contributed by atoms with van der Waals surface area (Å²) in [4.78, 5) is 18.9. The summed E-state index contributed by atoms with van der Waals surface area (Å²) in [7, 11) is 0. The lowest BCUT2D eigenvalue weighted by molar-refractivity contribution is 0.813. The highest BCUT2D eigenvalue weighted by Crippen LogP contribution is 2.31. The fraction of sp³-hybridized carbons (Fsp3) is 0.333. The van der Waals surface area contributed by atoms with Crippen molar-refractivity contribution in [2.75, 3.05) is 0 Å². The highest BCUT2D eigenvalue weighted by Gasteiger charge is 2.09. The lowest BCUT2D eigenvalue weighted by atomic mass is 10.2. The van der Waals surface area contributed by atoms with Crippen molar-refractivity contribution < 1.29 is 0 Å². The van der Waals surface area contributed by atoms with Crippen LogP contribution in [0.2, 0.25) is 0 Å². The van der Waals surface area contributed by atoms with Crippen LogP contribution < -0.4 is 5.56 Å². The van der Waals surface area contributed by atoms with Crippen molar-refractivity contribution in [3.05, 3.63) is 58.0 Å². The topological polar surface area (TPSA) is 45.8 Å². The van der Waals surface area contributed by atoms with Crippen molar-refractivity contribution in [1.29, 1.82) is 0 Å². The molecular weight excluding hydrogens is 256 g/mol. The first-order chi connectivity index (χ1) is 9.19. The fourth-order valence-corrected chi connectivity index (χ4v) is 2.84. The Balaban J connectivity index is 2.17. The molecule has 1 aromatic heterocycles. The van der Waals surface area contributed by atoms with E-state index in [1.54, 1.807) is 17.8 Å². The molecule has 1 atom stereocenters. The molecule has 0 saturated heterocycles. The second-order valence-corrected chi connectivity index (χ2v) is 5.79. The van der Waals surface area contributed by atoms with Gasteiger partial charge in [-0.2, -0.15) is 0 Å². The maximum absolute atomic E-state index is 11.6. The second-order valence-electron chi connectivity index (χ2n) is 4.46. The third-order valence-corrected chi connectivity index (χ3v) is 3.88. The molecule has 2 aromatic rings. The average Bonchev–Trinajstić information content (AvgIpc) is 2.39. The molecule has 0 saturated carbocycles. The van der Waals surface area contributed by atoms with E-state index in [0.29, 0.717) is 5.16 Å². The van der Waals surface area contributed by atoms with Gasteiger partial charge in [0.25, 0.3) is 5.56 Å². The fourth-order valence-electron chi connectivity index (χ4n) is 1.88. The summed E-state index contributed by atoms with van der Waals surface area (Å²) in [5.74, 6) is 0. The third kappa shape index (κ3) is 3.96. The number of H-pyrrole nitrogens is 1. The number of aromatic amines is 1. The Kier molecular flexibility index (Phi) is 4.80. The highest BCUT2D eigenvalue weighted by atomic mass is 32.2. The molecule has 0 amide bonds. The molecule has 19 heavy (non-hydrogen) atoms. The van der Waals surface area contributed by atoms with E-state index in [1.807, 2.05) is 18.2 Å². The van der Waals surface area contributed by atoms with Crippen molar-refractivity contribution in [1.82, 2.24) is 9.97 Å². The predicted octanol–water partition coefficient (Wildman–Crippen LogP) is 3.58. The van der Waals surface area contributed by atoms with Gasteiger partial charge in [0.15, 0.2) is 5.16 Å². The zero-order chi connectivity index (χ0) is 13.7. The van der Waals surface area contributed by atoms with Crippen LogP contribution in [0.5, 0.6) is 0 Å². The standard InChI is InChI=1S/C15H18N2OS/c1-3-7-13-10-14(18)17-15(16-13)19-11(2)12-8-5-4-6-9-12/h4-6,8-11H,3,7H2,1-2H3,(H,16,17,18)/t11-/m0/s1. The van der Waals surface area contributed by atoms with Gasteiger partial charge in [-0.1, -0.05) is 55.4 Å². The van der Waals surface area contributed by atoms with Crippen molar-refractivity contribution in [2.45, 2.75) is 37.1 Å². The quantitative estimate of drug-likeness (QED) is 0.669. The van der Waals surface area contributed by atoms with Crippen LogP contribution in [0.15, 0.2) is 46.3 Å². The lowest BCUT2D eigenvalue weighted by Crippen LogP contribution is -2.10. The number of hydrogen-bond acceptors (Lipinski definition) is 3. The van der Waals surface area contributed by atoms with E-state index in [1.165, 1.54) is 5.56 Å². The Labute approximate surface area is 117 Å². The number of aromatic nitrogens is 2. The summed E-state index contributed by atoms with van der Waals surface area (Å²) in [6, 6.07) is 11.8. The van der Waals surface area contributed by atoms with Gasteiger partial charge in [-0.15, -0.1) is 0 Å². The zero-order valence-corrected chi connectivity index (χ0v) is 12.0. The maximum atomic E-state index is 11.6. The molecule has 1 heterocycles. The van der Waals surface area contributed by atoms with Crippen LogP contribution in [-0.4, -0.2) is 9.97 Å². The number of aryl methyl sites for hydroxylation is 1. The average molecular weight is 274 g/mol. The number of nitrogens with one attached hydrogen (secondary N) is 1. The van der Waals surface area contributed by atoms with Gasteiger partial charge < -0.3 is 4.98 Å². The monoisotopic (exact) mass is 274 g/mol. The van der Waals surface area contributed by atoms with Crippen LogP contribution in [-0.2, 0) is 6.42 Å². The molecule has 0 unspecified atom stereocenters. The lowest BCUT2D eigenvalue weighted by Gasteiger charge is -2.11. The number of nitrogens with zero attached hydrogens (tertiary/aromatic N) is 1. The summed E-state index contributed by atoms with van der Waals surface area (Å²) in [6.45, 7) is 4.20. The van der Waals surface area contributed by atoms with Gasteiger partial charge in [0.2, 0.25) is 0 Å². The first-order valence-corrected chi connectivity index (χ1v) is 7.39. The van der Waals surface area contributed by atoms with E-state index < -0.39 is 0 Å². The summed E-state index contributed by atoms with van der Waals surface area (Å²) >= 11 is 1.58. The summed E-state index contributed by atoms with van der Waals surface area (Å²) in [5.41, 5.74) is 2.03. The molecule has 1 aromatic carbocycles. The minimum absolute atomic E-state index is 0.0683. The Morgan fingerprint density at radius 3 is 2.74 bits per heavy atom. The van der Waals surface area contributed by atoms with Crippen LogP contribution in [0.25, 0.3) is 0 Å². The van der Waals surface area contributed by atoms with Crippen molar-refractivity contribution >= 4 is 11.8 Å². The summed E-state index contributed by atoms with van der Waals surface area (Å²) < 4.78 is 0. The van der Waals surface area contributed by atoms with Gasteiger partial charge in [0, 0.05) is 17.0 Å². The number of rotatable bonds is 5. The normalized spacial score (nSPS) is 12.3. The molecule has 0 aliphatic heterocycles. The van der Waals surface area contributed by atoms with Crippen LogP contribution in [0.1, 0.15) is 36.8 Å². The molecule has 0 aliphatic rings.